The fraction of sp³-hybridized carbons (Fsp3) is 1.00. The van der Waals surface area contributed by atoms with E-state index in [9.17, 15) is 10.2 Å². The molecule has 4 aliphatic rings. The maximum Gasteiger partial charge on any atom is 0.0591 e. The van der Waals surface area contributed by atoms with E-state index in [4.69, 9.17) is 0 Å². The molecule has 2 heteroatoms. The lowest BCUT2D eigenvalue weighted by Gasteiger charge is -2.56. The average Bonchev–Trinajstić information content (AvgIpc) is 2.96. The first kappa shape index (κ1) is 20.2. The Morgan fingerprint density at radius 3 is 2.44 bits per heavy atom. The van der Waals surface area contributed by atoms with Gasteiger partial charge in [-0.05, 0) is 131 Å². The van der Waals surface area contributed by atoms with Crippen LogP contribution in [0.2, 0.25) is 0 Å². The van der Waals surface area contributed by atoms with Crippen molar-refractivity contribution in [2.24, 2.45) is 46.8 Å². The molecule has 2 nitrogen and oxygen atoms in total. The van der Waals surface area contributed by atoms with Crippen molar-refractivity contribution in [1.29, 1.82) is 0 Å². The third-order valence-electron chi connectivity index (χ3n) is 9.90. The molecule has 156 valence electrons. The zero-order valence-corrected chi connectivity index (χ0v) is 18.3. The molecule has 27 heavy (non-hydrogen) atoms. The second-order valence-electron chi connectivity index (χ2n) is 12.0. The number of hydrogen-bond donors (Lipinski definition) is 2. The summed E-state index contributed by atoms with van der Waals surface area (Å²) in [5, 5.41) is 20.3. The molecule has 4 aliphatic carbocycles. The predicted molar refractivity (Wildman–Crippen MR) is 111 cm³/mol. The van der Waals surface area contributed by atoms with Crippen LogP contribution in [0.5, 0.6) is 0 Å². The summed E-state index contributed by atoms with van der Waals surface area (Å²) < 4.78 is 0. The van der Waals surface area contributed by atoms with Crippen LogP contribution in [-0.4, -0.2) is 21.9 Å². The number of rotatable bonds is 4. The van der Waals surface area contributed by atoms with Gasteiger partial charge in [0.1, 0.15) is 0 Å². The Morgan fingerprint density at radius 1 is 0.963 bits per heavy atom. The van der Waals surface area contributed by atoms with Crippen molar-refractivity contribution in [2.45, 2.75) is 110 Å². The first-order valence-electron chi connectivity index (χ1n) is 12.1. The summed E-state index contributed by atoms with van der Waals surface area (Å²) >= 11 is 0. The third-order valence-corrected chi connectivity index (χ3v) is 9.90. The van der Waals surface area contributed by atoms with Crippen molar-refractivity contribution < 1.29 is 10.2 Å². The lowest BCUT2D eigenvalue weighted by Crippen LogP contribution is -2.49. The van der Waals surface area contributed by atoms with Gasteiger partial charge in [-0.3, -0.25) is 0 Å². The molecule has 2 N–H and O–H groups in total. The number of aliphatic hydroxyl groups is 2. The molecule has 0 spiro atoms. The Bertz CT molecular complexity index is 523. The van der Waals surface area contributed by atoms with E-state index in [1.54, 1.807) is 0 Å². The summed E-state index contributed by atoms with van der Waals surface area (Å²) in [5.41, 5.74) is 0.0238. The molecular weight excluding hydrogens is 332 g/mol. The van der Waals surface area contributed by atoms with Crippen LogP contribution in [0, 0.1) is 46.8 Å². The van der Waals surface area contributed by atoms with Crippen LogP contribution in [0.3, 0.4) is 0 Å². The van der Waals surface area contributed by atoms with E-state index in [2.05, 4.69) is 13.8 Å². The molecule has 4 rings (SSSR count). The van der Waals surface area contributed by atoms with Crippen LogP contribution in [0.1, 0.15) is 98.3 Å². The average molecular weight is 377 g/mol. The zero-order valence-electron chi connectivity index (χ0n) is 18.3. The molecule has 0 bridgehead atoms. The molecule has 0 aromatic carbocycles. The molecule has 0 radical (unpaired) electrons. The van der Waals surface area contributed by atoms with Crippen LogP contribution in [-0.2, 0) is 0 Å². The van der Waals surface area contributed by atoms with E-state index in [1.807, 2.05) is 13.8 Å². The van der Waals surface area contributed by atoms with Gasteiger partial charge in [0.15, 0.2) is 0 Å². The molecule has 0 aromatic rings. The minimum absolute atomic E-state index is 0.0101. The van der Waals surface area contributed by atoms with Gasteiger partial charge in [0.25, 0.3) is 0 Å². The standard InChI is InChI=1S/C25H44O2/c1-16(11-13-24(2,3)27)22-9-10-23-21-7-5-17-15-18(26)6-8-19(17)20(21)12-14-25(22,23)4/h16-23,26-27H,5-15H2,1-4H3/t16-,17+,18+,19+,20?,21?,22-,23?,25?/m1/s1. The van der Waals surface area contributed by atoms with Gasteiger partial charge in [-0.1, -0.05) is 13.8 Å². The minimum atomic E-state index is -0.519. The van der Waals surface area contributed by atoms with E-state index in [0.717, 1.165) is 60.7 Å². The summed E-state index contributed by atoms with van der Waals surface area (Å²) in [6.07, 6.45) is 14.1. The summed E-state index contributed by atoms with van der Waals surface area (Å²) in [5.74, 6) is 6.21. The Kier molecular flexibility index (Phi) is 5.47. The summed E-state index contributed by atoms with van der Waals surface area (Å²) in [6.45, 7) is 9.03. The van der Waals surface area contributed by atoms with Gasteiger partial charge < -0.3 is 10.2 Å². The van der Waals surface area contributed by atoms with Crippen LogP contribution in [0.15, 0.2) is 0 Å². The third kappa shape index (κ3) is 3.75. The first-order valence-corrected chi connectivity index (χ1v) is 12.1. The van der Waals surface area contributed by atoms with Gasteiger partial charge in [-0.2, -0.15) is 0 Å². The molecule has 4 saturated carbocycles. The highest BCUT2D eigenvalue weighted by Crippen LogP contribution is 2.65. The van der Waals surface area contributed by atoms with E-state index >= 15 is 0 Å². The number of fused-ring (bicyclic) bond motifs is 5. The fourth-order valence-electron chi connectivity index (χ4n) is 8.59. The van der Waals surface area contributed by atoms with Crippen molar-refractivity contribution in [3.63, 3.8) is 0 Å². The quantitative estimate of drug-likeness (QED) is 0.650. The Morgan fingerprint density at radius 2 is 1.70 bits per heavy atom. The van der Waals surface area contributed by atoms with Crippen molar-refractivity contribution in [3.8, 4) is 0 Å². The Balaban J connectivity index is 1.45. The maximum absolute atomic E-state index is 10.2. The Hall–Kier alpha value is -0.0800. The maximum atomic E-state index is 10.2. The van der Waals surface area contributed by atoms with Gasteiger partial charge in [0.05, 0.1) is 11.7 Å². The molecule has 0 saturated heterocycles. The van der Waals surface area contributed by atoms with Crippen LogP contribution < -0.4 is 0 Å². The molecule has 9 atom stereocenters. The van der Waals surface area contributed by atoms with Gasteiger partial charge in [0.2, 0.25) is 0 Å². The molecule has 4 fully saturated rings. The molecule has 0 amide bonds. The summed E-state index contributed by atoms with van der Waals surface area (Å²) in [4.78, 5) is 0. The van der Waals surface area contributed by atoms with E-state index < -0.39 is 5.60 Å². The number of aliphatic hydroxyl groups excluding tert-OH is 1. The van der Waals surface area contributed by atoms with E-state index in [-0.39, 0.29) is 6.10 Å². The second kappa shape index (κ2) is 7.31. The molecule has 4 unspecified atom stereocenters. The summed E-state index contributed by atoms with van der Waals surface area (Å²) in [6, 6.07) is 0. The minimum Gasteiger partial charge on any atom is -0.393 e. The first-order chi connectivity index (χ1) is 12.7. The molecule has 0 aromatic heterocycles. The molecule has 0 aliphatic heterocycles. The summed E-state index contributed by atoms with van der Waals surface area (Å²) in [7, 11) is 0. The molecular formula is C25H44O2. The van der Waals surface area contributed by atoms with E-state index in [0.29, 0.717) is 5.41 Å². The zero-order chi connectivity index (χ0) is 19.4. The normalized spacial score (nSPS) is 48.4. The van der Waals surface area contributed by atoms with E-state index in [1.165, 1.54) is 51.4 Å². The van der Waals surface area contributed by atoms with Crippen molar-refractivity contribution >= 4 is 0 Å². The predicted octanol–water partition coefficient (Wildman–Crippen LogP) is 5.80. The van der Waals surface area contributed by atoms with Crippen LogP contribution in [0.25, 0.3) is 0 Å². The highest BCUT2D eigenvalue weighted by molar-refractivity contribution is 5.06. The van der Waals surface area contributed by atoms with Gasteiger partial charge in [-0.15, -0.1) is 0 Å². The van der Waals surface area contributed by atoms with Crippen molar-refractivity contribution in [1.82, 2.24) is 0 Å². The van der Waals surface area contributed by atoms with Crippen LogP contribution >= 0.6 is 0 Å². The lowest BCUT2D eigenvalue weighted by molar-refractivity contribution is -0.0828. The SMILES string of the molecule is C[C@H](CCC(C)(C)O)[C@H]1CCC2C3CC[C@H]4C[C@@H](O)CC[C@@H]4C3CCC21C. The Labute approximate surface area is 167 Å². The largest absolute Gasteiger partial charge is 0.393 e. The highest BCUT2D eigenvalue weighted by atomic mass is 16.3. The number of hydrogen-bond acceptors (Lipinski definition) is 2. The van der Waals surface area contributed by atoms with Gasteiger partial charge in [-0.25, -0.2) is 0 Å². The van der Waals surface area contributed by atoms with Crippen molar-refractivity contribution in [3.05, 3.63) is 0 Å². The monoisotopic (exact) mass is 376 g/mol. The second-order valence-corrected chi connectivity index (χ2v) is 12.0. The van der Waals surface area contributed by atoms with Crippen LogP contribution in [0.4, 0.5) is 0 Å². The topological polar surface area (TPSA) is 40.5 Å². The fourth-order valence-corrected chi connectivity index (χ4v) is 8.59. The lowest BCUT2D eigenvalue weighted by atomic mass is 9.49. The van der Waals surface area contributed by atoms with Gasteiger partial charge in [0, 0.05) is 0 Å². The van der Waals surface area contributed by atoms with Crippen molar-refractivity contribution in [2.75, 3.05) is 0 Å². The van der Waals surface area contributed by atoms with Gasteiger partial charge >= 0.3 is 0 Å². The highest BCUT2D eigenvalue weighted by Gasteiger charge is 2.57. The smallest absolute Gasteiger partial charge is 0.0591 e. The molecule has 0 heterocycles.